The van der Waals surface area contributed by atoms with Crippen LogP contribution >= 0.6 is 0 Å². The fraction of sp³-hybridized carbons (Fsp3) is 0.273. The summed E-state index contributed by atoms with van der Waals surface area (Å²) in [6, 6.07) is 10.2. The van der Waals surface area contributed by atoms with Crippen molar-refractivity contribution in [2.45, 2.75) is 19.8 Å². The lowest BCUT2D eigenvalue weighted by Crippen LogP contribution is -2.28. The normalized spacial score (nSPS) is 11.5. The van der Waals surface area contributed by atoms with Crippen molar-refractivity contribution >= 4 is 38.5 Å². The summed E-state index contributed by atoms with van der Waals surface area (Å²) in [6.45, 7) is 3.41. The Labute approximate surface area is 158 Å². The number of carbonyl (C=O) groups is 1. The molecule has 4 N–H and O–H groups in total. The zero-order valence-electron chi connectivity index (χ0n) is 15.8. The van der Waals surface area contributed by atoms with Gasteiger partial charge >= 0.3 is 0 Å². The number of aromatic amines is 1. The molecule has 0 radical (unpaired) electrons. The molecule has 0 atom stereocenters. The van der Waals surface area contributed by atoms with E-state index in [1.165, 1.54) is 5.56 Å². The number of hydrogen-bond donors (Lipinski definition) is 3. The molecule has 5 nitrogen and oxygen atoms in total. The highest BCUT2D eigenvalue weighted by Crippen LogP contribution is 2.36. The Morgan fingerprint density at radius 2 is 1.96 bits per heavy atom. The lowest BCUT2D eigenvalue weighted by atomic mass is 9.95. The maximum absolute atomic E-state index is 13.1. The molecule has 4 aromatic rings. The van der Waals surface area contributed by atoms with Crippen molar-refractivity contribution in [2.24, 2.45) is 12.8 Å². The molecule has 0 fully saturated rings. The molecule has 5 heteroatoms. The summed E-state index contributed by atoms with van der Waals surface area (Å²) < 4.78 is 2.03. The SMILES string of the molecule is Cc1c2c[n+](C)ccc2c(C(=O)NCCCCN)c2[nH]c3ccccc3c12. The second-order valence-corrected chi connectivity index (χ2v) is 7.11. The van der Waals surface area contributed by atoms with Crippen LogP contribution in [0.25, 0.3) is 32.6 Å². The Kier molecular flexibility index (Phi) is 4.54. The first-order valence-corrected chi connectivity index (χ1v) is 9.42. The largest absolute Gasteiger partial charge is 0.354 e. The first-order valence-electron chi connectivity index (χ1n) is 9.42. The number of nitrogens with one attached hydrogen (secondary N) is 2. The van der Waals surface area contributed by atoms with E-state index in [4.69, 9.17) is 5.73 Å². The minimum absolute atomic E-state index is 0.0394. The lowest BCUT2D eigenvalue weighted by Gasteiger charge is -2.11. The topological polar surface area (TPSA) is 74.8 Å². The quantitative estimate of drug-likeness (QED) is 0.377. The van der Waals surface area contributed by atoms with Crippen LogP contribution in [0.3, 0.4) is 0 Å². The van der Waals surface area contributed by atoms with E-state index in [0.717, 1.165) is 51.0 Å². The molecule has 0 saturated carbocycles. The second-order valence-electron chi connectivity index (χ2n) is 7.11. The summed E-state index contributed by atoms with van der Waals surface area (Å²) in [4.78, 5) is 16.6. The Morgan fingerprint density at radius 3 is 2.78 bits per heavy atom. The van der Waals surface area contributed by atoms with Gasteiger partial charge in [-0.25, -0.2) is 4.57 Å². The van der Waals surface area contributed by atoms with Crippen molar-refractivity contribution in [1.82, 2.24) is 10.3 Å². The molecule has 2 heterocycles. The van der Waals surface area contributed by atoms with Gasteiger partial charge in [-0.1, -0.05) is 18.2 Å². The zero-order valence-corrected chi connectivity index (χ0v) is 15.8. The fourth-order valence-electron chi connectivity index (χ4n) is 3.90. The Bertz CT molecular complexity index is 1160. The molecule has 0 aliphatic rings. The first-order chi connectivity index (χ1) is 13.1. The van der Waals surface area contributed by atoms with Crippen molar-refractivity contribution < 1.29 is 9.36 Å². The van der Waals surface area contributed by atoms with Gasteiger partial charge in [-0.3, -0.25) is 4.79 Å². The van der Waals surface area contributed by atoms with Gasteiger partial charge in [0.2, 0.25) is 0 Å². The zero-order chi connectivity index (χ0) is 19.0. The molecule has 0 saturated heterocycles. The highest BCUT2D eigenvalue weighted by Gasteiger charge is 2.21. The van der Waals surface area contributed by atoms with Crippen LogP contribution in [-0.4, -0.2) is 24.0 Å². The number of hydrogen-bond acceptors (Lipinski definition) is 2. The van der Waals surface area contributed by atoms with Gasteiger partial charge in [0.1, 0.15) is 7.05 Å². The molecule has 27 heavy (non-hydrogen) atoms. The number of pyridine rings is 1. The minimum atomic E-state index is -0.0394. The number of aryl methyl sites for hydroxylation is 2. The second kappa shape index (κ2) is 7.00. The number of amides is 1. The Morgan fingerprint density at radius 1 is 1.15 bits per heavy atom. The fourth-order valence-corrected chi connectivity index (χ4v) is 3.90. The molecule has 138 valence electrons. The minimum Gasteiger partial charge on any atom is -0.354 e. The van der Waals surface area contributed by atoms with Gasteiger partial charge in [0.25, 0.3) is 5.91 Å². The van der Waals surface area contributed by atoms with Crippen LogP contribution in [0.4, 0.5) is 0 Å². The Balaban J connectivity index is 1.99. The number of nitrogens with two attached hydrogens (primary N) is 1. The van der Waals surface area contributed by atoms with Crippen molar-refractivity contribution in [3.8, 4) is 0 Å². The standard InChI is InChI=1S/C22H24N4O/c1-14-17-13-26(2)12-9-15(17)20(22(27)24-11-6-5-10-23)21-19(14)16-7-3-4-8-18(16)25-21/h3-4,7-9,12-13H,5-6,10-11,23H2,1-2H3,(H,24,27)/p+1. The van der Waals surface area contributed by atoms with Crippen LogP contribution in [0.5, 0.6) is 0 Å². The average molecular weight is 361 g/mol. The van der Waals surface area contributed by atoms with E-state index in [0.29, 0.717) is 13.1 Å². The highest BCUT2D eigenvalue weighted by molar-refractivity contribution is 6.24. The van der Waals surface area contributed by atoms with Crippen molar-refractivity contribution in [3.05, 3.63) is 53.9 Å². The molecule has 0 aliphatic carbocycles. The number of fused-ring (bicyclic) bond motifs is 4. The maximum atomic E-state index is 13.1. The number of aromatic nitrogens is 2. The van der Waals surface area contributed by atoms with Crippen LogP contribution in [0, 0.1) is 6.92 Å². The third-order valence-electron chi connectivity index (χ3n) is 5.25. The van der Waals surface area contributed by atoms with Crippen LogP contribution in [-0.2, 0) is 7.05 Å². The molecule has 2 aromatic carbocycles. The van der Waals surface area contributed by atoms with Crippen molar-refractivity contribution in [2.75, 3.05) is 13.1 Å². The van der Waals surface area contributed by atoms with Gasteiger partial charge < -0.3 is 16.0 Å². The van der Waals surface area contributed by atoms with Crippen LogP contribution < -0.4 is 15.6 Å². The van der Waals surface area contributed by atoms with E-state index in [2.05, 4.69) is 35.6 Å². The first kappa shape index (κ1) is 17.5. The smallest absolute Gasteiger partial charge is 0.254 e. The Hall–Kier alpha value is -2.92. The van der Waals surface area contributed by atoms with E-state index < -0.39 is 0 Å². The summed E-state index contributed by atoms with van der Waals surface area (Å²) in [5.41, 5.74) is 9.42. The number of para-hydroxylation sites is 1. The predicted octanol–water partition coefficient (Wildman–Crippen LogP) is 3.08. The third-order valence-corrected chi connectivity index (χ3v) is 5.25. The number of H-pyrrole nitrogens is 1. The monoisotopic (exact) mass is 361 g/mol. The van der Waals surface area contributed by atoms with E-state index in [-0.39, 0.29) is 5.91 Å². The molecule has 1 amide bonds. The van der Waals surface area contributed by atoms with E-state index in [1.54, 1.807) is 0 Å². The molecule has 0 spiro atoms. The molecular formula is C22H25N4O+. The van der Waals surface area contributed by atoms with Gasteiger partial charge in [-0.15, -0.1) is 0 Å². The summed E-state index contributed by atoms with van der Waals surface area (Å²) >= 11 is 0. The van der Waals surface area contributed by atoms with Gasteiger partial charge in [-0.05, 0) is 37.9 Å². The van der Waals surface area contributed by atoms with Crippen LogP contribution in [0.15, 0.2) is 42.7 Å². The predicted molar refractivity (Wildman–Crippen MR) is 110 cm³/mol. The van der Waals surface area contributed by atoms with Crippen molar-refractivity contribution in [3.63, 3.8) is 0 Å². The number of carbonyl (C=O) groups excluding carboxylic acids is 1. The number of benzene rings is 2. The highest BCUT2D eigenvalue weighted by atomic mass is 16.1. The summed E-state index contributed by atoms with van der Waals surface area (Å²) in [6.07, 6.45) is 5.88. The number of unbranched alkanes of at least 4 members (excludes halogenated alkanes) is 1. The number of nitrogens with zero attached hydrogens (tertiary/aromatic N) is 1. The van der Waals surface area contributed by atoms with Gasteiger partial charge in [-0.2, -0.15) is 0 Å². The number of rotatable bonds is 5. The van der Waals surface area contributed by atoms with Gasteiger partial charge in [0, 0.05) is 34.3 Å². The molecule has 0 unspecified atom stereocenters. The van der Waals surface area contributed by atoms with Crippen molar-refractivity contribution in [1.29, 1.82) is 0 Å². The van der Waals surface area contributed by atoms with E-state index >= 15 is 0 Å². The average Bonchev–Trinajstić information content (AvgIpc) is 3.05. The molecule has 0 aliphatic heterocycles. The van der Waals surface area contributed by atoms with Gasteiger partial charge in [0.15, 0.2) is 12.4 Å². The van der Waals surface area contributed by atoms with Crippen LogP contribution in [0.1, 0.15) is 28.8 Å². The van der Waals surface area contributed by atoms with Crippen LogP contribution in [0.2, 0.25) is 0 Å². The lowest BCUT2D eigenvalue weighted by molar-refractivity contribution is -0.670. The van der Waals surface area contributed by atoms with E-state index in [9.17, 15) is 4.79 Å². The molecule has 0 bridgehead atoms. The third kappa shape index (κ3) is 2.94. The van der Waals surface area contributed by atoms with Gasteiger partial charge in [0.05, 0.1) is 16.5 Å². The van der Waals surface area contributed by atoms with E-state index in [1.807, 2.05) is 36.0 Å². The molecule has 2 aromatic heterocycles. The molecular weight excluding hydrogens is 336 g/mol. The summed E-state index contributed by atoms with van der Waals surface area (Å²) in [5.74, 6) is -0.0394. The maximum Gasteiger partial charge on any atom is 0.254 e. The summed E-state index contributed by atoms with van der Waals surface area (Å²) in [5, 5.41) is 7.42. The summed E-state index contributed by atoms with van der Waals surface area (Å²) in [7, 11) is 2.00. The molecule has 4 rings (SSSR count).